The quantitative estimate of drug-likeness (QED) is 0.461. The highest BCUT2D eigenvalue weighted by atomic mass is 16.5. The molecule has 0 saturated heterocycles. The summed E-state index contributed by atoms with van der Waals surface area (Å²) in [6.45, 7) is 0.375. The number of carbonyl (C=O) groups is 1. The van der Waals surface area contributed by atoms with Crippen molar-refractivity contribution in [1.82, 2.24) is 0 Å². The van der Waals surface area contributed by atoms with Crippen LogP contribution in [-0.2, 0) is 9.53 Å². The molecule has 2 nitrogen and oxygen atoms in total. The Balaban J connectivity index is 0.000000105. The molecule has 0 heterocycles. The fourth-order valence-corrected chi connectivity index (χ4v) is 0. The molecule has 1 rings (SSSR count). The predicted molar refractivity (Wildman–Crippen MR) is 26.9 cm³/mol. The summed E-state index contributed by atoms with van der Waals surface area (Å²) in [7, 11) is 1.31. The van der Waals surface area contributed by atoms with E-state index in [0.717, 1.165) is 0 Å². The maximum Gasteiger partial charge on any atom is 0.292 e. The number of carbonyl (C=O) groups excluding carboxylic acids is 1. The molecule has 0 aromatic rings. The first kappa shape index (κ1) is 6.47. The standard InChI is InChI=1S/C3H6.C2H4O2/c1-2-3-1;1-4-2-3/h1-3H2;2H,1H3. The van der Waals surface area contributed by atoms with Gasteiger partial charge in [0.1, 0.15) is 0 Å². The molecule has 0 N–H and O–H groups in total. The summed E-state index contributed by atoms with van der Waals surface area (Å²) < 4.78 is 3.86. The normalized spacial score (nSPS) is 13.3. The molecular formula is C5H10O2. The van der Waals surface area contributed by atoms with Crippen LogP contribution in [0.3, 0.4) is 0 Å². The monoisotopic (exact) mass is 102 g/mol. The smallest absolute Gasteiger partial charge is 0.292 e. The minimum absolute atomic E-state index is 0.375. The van der Waals surface area contributed by atoms with Gasteiger partial charge in [-0.15, -0.1) is 0 Å². The Kier molecular flexibility index (Phi) is 5.06. The molecule has 0 amide bonds. The fraction of sp³-hybridized carbons (Fsp3) is 0.800. The van der Waals surface area contributed by atoms with Crippen molar-refractivity contribution in [3.63, 3.8) is 0 Å². The third kappa shape index (κ3) is 30.5. The van der Waals surface area contributed by atoms with Gasteiger partial charge in [0.25, 0.3) is 6.47 Å². The summed E-state index contributed by atoms with van der Waals surface area (Å²) in [4.78, 5) is 8.95. The second-order valence-electron chi connectivity index (χ2n) is 1.39. The van der Waals surface area contributed by atoms with Crippen molar-refractivity contribution in [3.8, 4) is 0 Å². The van der Waals surface area contributed by atoms with Gasteiger partial charge < -0.3 is 4.74 Å². The Bertz CT molecular complexity index is 38.6. The summed E-state index contributed by atoms with van der Waals surface area (Å²) in [5, 5.41) is 0. The zero-order valence-corrected chi connectivity index (χ0v) is 4.52. The molecule has 1 aliphatic rings. The summed E-state index contributed by atoms with van der Waals surface area (Å²) in [6, 6.07) is 0. The SMILES string of the molecule is C1CC1.COC=O. The highest BCUT2D eigenvalue weighted by Gasteiger charge is 1.95. The Morgan fingerprint density at radius 2 is 1.71 bits per heavy atom. The van der Waals surface area contributed by atoms with Crippen LogP contribution in [0.25, 0.3) is 0 Å². The van der Waals surface area contributed by atoms with Gasteiger partial charge >= 0.3 is 0 Å². The highest BCUT2D eigenvalue weighted by Crippen LogP contribution is 2.14. The number of ether oxygens (including phenoxy) is 1. The van der Waals surface area contributed by atoms with Crippen LogP contribution in [0.4, 0.5) is 0 Å². The molecule has 0 aromatic heterocycles. The Morgan fingerprint density at radius 3 is 1.71 bits per heavy atom. The number of rotatable bonds is 1. The van der Waals surface area contributed by atoms with Gasteiger partial charge in [0.05, 0.1) is 7.11 Å². The Labute approximate surface area is 43.5 Å². The first-order valence-corrected chi connectivity index (χ1v) is 2.38. The predicted octanol–water partition coefficient (Wildman–Crippen LogP) is 0.960. The summed E-state index contributed by atoms with van der Waals surface area (Å²) in [6.07, 6.45) is 4.50. The lowest BCUT2D eigenvalue weighted by Crippen LogP contribution is -1.68. The Morgan fingerprint density at radius 1 is 1.43 bits per heavy atom. The van der Waals surface area contributed by atoms with E-state index in [1.165, 1.54) is 26.4 Å². The molecule has 0 aliphatic heterocycles. The van der Waals surface area contributed by atoms with Gasteiger partial charge in [-0.25, -0.2) is 0 Å². The molecular weight excluding hydrogens is 92.1 g/mol. The summed E-state index contributed by atoms with van der Waals surface area (Å²) in [5.74, 6) is 0. The number of methoxy groups -OCH3 is 1. The lowest BCUT2D eigenvalue weighted by Gasteiger charge is -1.67. The second kappa shape index (κ2) is 5.47. The van der Waals surface area contributed by atoms with Gasteiger partial charge in [-0.1, -0.05) is 19.3 Å². The van der Waals surface area contributed by atoms with Crippen LogP contribution in [-0.4, -0.2) is 13.6 Å². The van der Waals surface area contributed by atoms with Crippen molar-refractivity contribution < 1.29 is 9.53 Å². The van der Waals surface area contributed by atoms with Crippen LogP contribution < -0.4 is 0 Å². The molecule has 42 valence electrons. The van der Waals surface area contributed by atoms with Gasteiger partial charge in [0.2, 0.25) is 0 Å². The first-order valence-electron chi connectivity index (χ1n) is 2.38. The second-order valence-corrected chi connectivity index (χ2v) is 1.39. The molecule has 0 bridgehead atoms. The number of hydrogen-bond donors (Lipinski definition) is 0. The van der Waals surface area contributed by atoms with E-state index >= 15 is 0 Å². The molecule has 1 fully saturated rings. The average molecular weight is 102 g/mol. The molecule has 1 aliphatic carbocycles. The van der Waals surface area contributed by atoms with Crippen molar-refractivity contribution in [1.29, 1.82) is 0 Å². The minimum atomic E-state index is 0.375. The summed E-state index contributed by atoms with van der Waals surface area (Å²) >= 11 is 0. The van der Waals surface area contributed by atoms with E-state index in [1.807, 2.05) is 0 Å². The molecule has 1 saturated carbocycles. The van der Waals surface area contributed by atoms with Crippen LogP contribution in [0.15, 0.2) is 0 Å². The van der Waals surface area contributed by atoms with E-state index in [1.54, 1.807) is 0 Å². The van der Waals surface area contributed by atoms with Crippen LogP contribution in [0, 0.1) is 0 Å². The van der Waals surface area contributed by atoms with E-state index in [2.05, 4.69) is 4.74 Å². The van der Waals surface area contributed by atoms with Gasteiger partial charge in [0, 0.05) is 0 Å². The maximum absolute atomic E-state index is 8.95. The van der Waals surface area contributed by atoms with Gasteiger partial charge in [-0.2, -0.15) is 0 Å². The highest BCUT2D eigenvalue weighted by molar-refractivity contribution is 5.36. The van der Waals surface area contributed by atoms with Crippen LogP contribution >= 0.6 is 0 Å². The third-order valence-corrected chi connectivity index (χ3v) is 0.450. The fourth-order valence-electron chi connectivity index (χ4n) is 0. The molecule has 0 spiro atoms. The van der Waals surface area contributed by atoms with Crippen LogP contribution in [0.2, 0.25) is 0 Å². The lowest BCUT2D eigenvalue weighted by atomic mass is 11.0. The minimum Gasteiger partial charge on any atom is -0.471 e. The van der Waals surface area contributed by atoms with E-state index in [-0.39, 0.29) is 0 Å². The summed E-state index contributed by atoms with van der Waals surface area (Å²) in [5.41, 5.74) is 0. The maximum atomic E-state index is 8.95. The zero-order chi connectivity index (χ0) is 5.54. The van der Waals surface area contributed by atoms with Crippen LogP contribution in [0.5, 0.6) is 0 Å². The van der Waals surface area contributed by atoms with Gasteiger partial charge in [-0.3, -0.25) is 4.79 Å². The Hall–Kier alpha value is -0.530. The molecule has 0 atom stereocenters. The molecule has 0 unspecified atom stereocenters. The molecule has 0 aromatic carbocycles. The lowest BCUT2D eigenvalue weighted by molar-refractivity contribution is -0.126. The van der Waals surface area contributed by atoms with E-state index in [4.69, 9.17) is 4.79 Å². The van der Waals surface area contributed by atoms with Crippen molar-refractivity contribution in [2.75, 3.05) is 7.11 Å². The zero-order valence-electron chi connectivity index (χ0n) is 4.52. The van der Waals surface area contributed by atoms with Crippen molar-refractivity contribution in [2.45, 2.75) is 19.3 Å². The van der Waals surface area contributed by atoms with Crippen molar-refractivity contribution in [3.05, 3.63) is 0 Å². The molecule has 0 radical (unpaired) electrons. The third-order valence-electron chi connectivity index (χ3n) is 0.450. The van der Waals surface area contributed by atoms with E-state index in [9.17, 15) is 0 Å². The van der Waals surface area contributed by atoms with Gasteiger partial charge in [-0.05, 0) is 0 Å². The first-order chi connectivity index (χ1) is 3.41. The van der Waals surface area contributed by atoms with Gasteiger partial charge in [0.15, 0.2) is 0 Å². The van der Waals surface area contributed by atoms with E-state index < -0.39 is 0 Å². The number of hydrogen-bond acceptors (Lipinski definition) is 2. The van der Waals surface area contributed by atoms with Crippen molar-refractivity contribution >= 4 is 6.47 Å². The topological polar surface area (TPSA) is 26.3 Å². The van der Waals surface area contributed by atoms with E-state index in [0.29, 0.717) is 6.47 Å². The van der Waals surface area contributed by atoms with Crippen molar-refractivity contribution in [2.24, 2.45) is 0 Å². The molecule has 7 heavy (non-hydrogen) atoms. The molecule has 2 heteroatoms. The largest absolute Gasteiger partial charge is 0.471 e. The van der Waals surface area contributed by atoms with Crippen LogP contribution in [0.1, 0.15) is 19.3 Å². The average Bonchev–Trinajstić information content (AvgIpc) is 2.47.